The van der Waals surface area contributed by atoms with Crippen LogP contribution in [0.3, 0.4) is 0 Å². The molecule has 0 aliphatic carbocycles. The molecular weight excluding hydrogens is 270 g/mol. The third-order valence-corrected chi connectivity index (χ3v) is 4.47. The largest absolute Gasteiger partial charge is 0.457 e. The molecule has 0 aliphatic heterocycles. The van der Waals surface area contributed by atoms with E-state index in [4.69, 9.17) is 10.5 Å². The highest BCUT2D eigenvalue weighted by atomic mass is 16.5. The third kappa shape index (κ3) is 3.51. The molecule has 22 heavy (non-hydrogen) atoms. The summed E-state index contributed by atoms with van der Waals surface area (Å²) in [5, 5.41) is 0. The van der Waals surface area contributed by atoms with Crippen molar-refractivity contribution in [3.63, 3.8) is 0 Å². The molecule has 0 bridgehead atoms. The Morgan fingerprint density at radius 3 is 1.91 bits per heavy atom. The molecule has 2 rings (SSSR count). The van der Waals surface area contributed by atoms with Gasteiger partial charge in [0.05, 0.1) is 0 Å². The van der Waals surface area contributed by atoms with Crippen LogP contribution in [0.5, 0.6) is 11.5 Å². The van der Waals surface area contributed by atoms with Crippen molar-refractivity contribution in [3.8, 4) is 11.5 Å². The van der Waals surface area contributed by atoms with Crippen LogP contribution in [0.2, 0.25) is 0 Å². The molecule has 2 aromatic rings. The third-order valence-electron chi connectivity index (χ3n) is 4.47. The maximum atomic E-state index is 5.85. The van der Waals surface area contributed by atoms with Crippen LogP contribution in [0.15, 0.2) is 61.2 Å². The molecule has 0 saturated carbocycles. The molecule has 0 radical (unpaired) electrons. The fourth-order valence-corrected chi connectivity index (χ4v) is 2.89. The van der Waals surface area contributed by atoms with E-state index in [0.29, 0.717) is 0 Å². The maximum absolute atomic E-state index is 5.85. The molecule has 0 unspecified atom stereocenters. The van der Waals surface area contributed by atoms with E-state index in [0.717, 1.165) is 36.4 Å². The highest BCUT2D eigenvalue weighted by molar-refractivity contribution is 5.43. The van der Waals surface area contributed by atoms with Crippen LogP contribution in [0, 0.1) is 0 Å². The van der Waals surface area contributed by atoms with Gasteiger partial charge in [0, 0.05) is 5.69 Å². The molecule has 2 aromatic carbocycles. The SMILES string of the molecule is C=CCC(CC)(CC)c1ccc(Oc2ccc(N)cc2)cc1. The quantitative estimate of drug-likeness (QED) is 0.525. The van der Waals surface area contributed by atoms with Crippen LogP contribution in [0.25, 0.3) is 0 Å². The van der Waals surface area contributed by atoms with E-state index < -0.39 is 0 Å². The van der Waals surface area contributed by atoms with Crippen LogP contribution in [0.4, 0.5) is 5.69 Å². The standard InChI is InChI=1S/C20H25NO/c1-4-15-20(5-2,6-3)16-7-11-18(12-8-16)22-19-13-9-17(21)10-14-19/h4,7-14H,1,5-6,15,21H2,2-3H3. The van der Waals surface area contributed by atoms with Crippen molar-refractivity contribution in [1.82, 2.24) is 0 Å². The van der Waals surface area contributed by atoms with E-state index in [1.54, 1.807) is 0 Å². The Bertz CT molecular complexity index is 595. The van der Waals surface area contributed by atoms with Gasteiger partial charge in [-0.2, -0.15) is 0 Å². The molecule has 0 spiro atoms. The van der Waals surface area contributed by atoms with Crippen molar-refractivity contribution < 1.29 is 4.74 Å². The van der Waals surface area contributed by atoms with Gasteiger partial charge >= 0.3 is 0 Å². The minimum absolute atomic E-state index is 0.182. The second kappa shape index (κ2) is 7.17. The van der Waals surface area contributed by atoms with E-state index in [1.807, 2.05) is 42.5 Å². The van der Waals surface area contributed by atoms with Gasteiger partial charge in [-0.15, -0.1) is 6.58 Å². The molecule has 0 aromatic heterocycles. The molecule has 0 saturated heterocycles. The number of rotatable bonds is 7. The Morgan fingerprint density at radius 2 is 1.45 bits per heavy atom. The first-order valence-corrected chi connectivity index (χ1v) is 7.88. The molecule has 2 heteroatoms. The summed E-state index contributed by atoms with van der Waals surface area (Å²) < 4.78 is 5.85. The van der Waals surface area contributed by atoms with Crippen molar-refractivity contribution in [1.29, 1.82) is 0 Å². The highest BCUT2D eigenvalue weighted by Gasteiger charge is 2.26. The first kappa shape index (κ1) is 16.2. The Hall–Kier alpha value is -2.22. The Labute approximate surface area is 133 Å². The molecule has 2 nitrogen and oxygen atoms in total. The Balaban J connectivity index is 2.18. The van der Waals surface area contributed by atoms with Gasteiger partial charge in [-0.25, -0.2) is 0 Å². The molecular formula is C20H25NO. The minimum Gasteiger partial charge on any atom is -0.457 e. The smallest absolute Gasteiger partial charge is 0.127 e. The summed E-state index contributed by atoms with van der Waals surface area (Å²) in [6, 6.07) is 15.8. The van der Waals surface area contributed by atoms with Crippen molar-refractivity contribution in [2.75, 3.05) is 5.73 Å². The summed E-state index contributed by atoms with van der Waals surface area (Å²) in [5.41, 5.74) is 7.95. The van der Waals surface area contributed by atoms with E-state index >= 15 is 0 Å². The zero-order valence-corrected chi connectivity index (χ0v) is 13.5. The molecule has 0 fully saturated rings. The van der Waals surface area contributed by atoms with Gasteiger partial charge in [0.1, 0.15) is 11.5 Å². The topological polar surface area (TPSA) is 35.2 Å². The lowest BCUT2D eigenvalue weighted by Crippen LogP contribution is -2.23. The van der Waals surface area contributed by atoms with Crippen LogP contribution in [-0.4, -0.2) is 0 Å². The highest BCUT2D eigenvalue weighted by Crippen LogP contribution is 2.36. The fourth-order valence-electron chi connectivity index (χ4n) is 2.89. The van der Waals surface area contributed by atoms with Gasteiger partial charge in [0.2, 0.25) is 0 Å². The summed E-state index contributed by atoms with van der Waals surface area (Å²) in [7, 11) is 0. The first-order chi connectivity index (χ1) is 10.6. The van der Waals surface area contributed by atoms with E-state index in [1.165, 1.54) is 5.56 Å². The average Bonchev–Trinajstić information content (AvgIpc) is 2.56. The second-order valence-electron chi connectivity index (χ2n) is 5.68. The van der Waals surface area contributed by atoms with Crippen LogP contribution < -0.4 is 10.5 Å². The van der Waals surface area contributed by atoms with Crippen LogP contribution >= 0.6 is 0 Å². The maximum Gasteiger partial charge on any atom is 0.127 e. The van der Waals surface area contributed by atoms with Crippen molar-refractivity contribution in [2.45, 2.75) is 38.5 Å². The molecule has 0 heterocycles. The molecule has 0 amide bonds. The summed E-state index contributed by atoms with van der Waals surface area (Å²) >= 11 is 0. The molecule has 0 atom stereocenters. The van der Waals surface area contributed by atoms with Gasteiger partial charge in [-0.3, -0.25) is 0 Å². The van der Waals surface area contributed by atoms with Crippen LogP contribution in [0.1, 0.15) is 38.7 Å². The normalized spacial score (nSPS) is 11.2. The first-order valence-electron chi connectivity index (χ1n) is 7.88. The summed E-state index contributed by atoms with van der Waals surface area (Å²) in [4.78, 5) is 0. The number of anilines is 1. The lowest BCUT2D eigenvalue weighted by atomic mass is 9.73. The number of ether oxygens (including phenoxy) is 1. The number of benzene rings is 2. The lowest BCUT2D eigenvalue weighted by molar-refractivity contribution is 0.399. The molecule has 2 N–H and O–H groups in total. The van der Waals surface area contributed by atoms with Crippen molar-refractivity contribution in [3.05, 3.63) is 66.7 Å². The monoisotopic (exact) mass is 295 g/mol. The fraction of sp³-hybridized carbons (Fsp3) is 0.300. The Morgan fingerprint density at radius 1 is 0.955 bits per heavy atom. The number of nitrogen functional groups attached to an aromatic ring is 1. The van der Waals surface area contributed by atoms with Crippen LogP contribution in [-0.2, 0) is 5.41 Å². The zero-order valence-electron chi connectivity index (χ0n) is 13.5. The average molecular weight is 295 g/mol. The van der Waals surface area contributed by atoms with Gasteiger partial charge in [0.15, 0.2) is 0 Å². The van der Waals surface area contributed by atoms with Gasteiger partial charge in [-0.05, 0) is 66.6 Å². The second-order valence-corrected chi connectivity index (χ2v) is 5.68. The number of hydrogen-bond acceptors (Lipinski definition) is 2. The van der Waals surface area contributed by atoms with Gasteiger partial charge in [-0.1, -0.05) is 32.1 Å². The van der Waals surface area contributed by atoms with Gasteiger partial charge < -0.3 is 10.5 Å². The number of nitrogens with two attached hydrogens (primary N) is 1. The predicted molar refractivity (Wildman–Crippen MR) is 94.4 cm³/mol. The van der Waals surface area contributed by atoms with E-state index in [-0.39, 0.29) is 5.41 Å². The summed E-state index contributed by atoms with van der Waals surface area (Å²) in [6.45, 7) is 8.40. The van der Waals surface area contributed by atoms with Gasteiger partial charge in [0.25, 0.3) is 0 Å². The van der Waals surface area contributed by atoms with Crippen molar-refractivity contribution >= 4 is 5.69 Å². The number of allylic oxidation sites excluding steroid dienone is 1. The minimum atomic E-state index is 0.182. The molecule has 0 aliphatic rings. The number of hydrogen-bond donors (Lipinski definition) is 1. The van der Waals surface area contributed by atoms with Crippen molar-refractivity contribution in [2.24, 2.45) is 0 Å². The summed E-state index contributed by atoms with van der Waals surface area (Å²) in [6.07, 6.45) is 5.23. The van der Waals surface area contributed by atoms with E-state index in [2.05, 4.69) is 32.6 Å². The summed E-state index contributed by atoms with van der Waals surface area (Å²) in [5.74, 6) is 1.64. The zero-order chi connectivity index (χ0) is 16.0. The Kier molecular flexibility index (Phi) is 5.26. The molecule has 116 valence electrons. The predicted octanol–water partition coefficient (Wildman–Crippen LogP) is 5.70. The van der Waals surface area contributed by atoms with E-state index in [9.17, 15) is 0 Å². The lowest BCUT2D eigenvalue weighted by Gasteiger charge is -2.31.